The zero-order chi connectivity index (χ0) is 26.1. The molecule has 1 N–H and O–H groups in total. The van der Waals surface area contributed by atoms with Crippen LogP contribution in [0.3, 0.4) is 0 Å². The van der Waals surface area contributed by atoms with Gasteiger partial charge in [-0.05, 0) is 83.6 Å². The first-order valence-electron chi connectivity index (χ1n) is 11.6. The molecule has 0 fully saturated rings. The van der Waals surface area contributed by atoms with Crippen LogP contribution in [0.5, 0.6) is 11.5 Å². The van der Waals surface area contributed by atoms with Gasteiger partial charge in [-0.15, -0.1) is 0 Å². The molecule has 2 aliphatic heterocycles. The van der Waals surface area contributed by atoms with Crippen LogP contribution in [0.1, 0.15) is 29.2 Å². The van der Waals surface area contributed by atoms with Gasteiger partial charge < -0.3 is 14.7 Å². The predicted octanol–water partition coefficient (Wildman–Crippen LogP) is 6.05. The monoisotopic (exact) mass is 576 g/mol. The van der Waals surface area contributed by atoms with Crippen molar-refractivity contribution in [2.24, 2.45) is 10.1 Å². The number of amidine groups is 1. The first kappa shape index (κ1) is 25.1. The van der Waals surface area contributed by atoms with Crippen LogP contribution in [-0.2, 0) is 4.79 Å². The molecule has 2 heterocycles. The van der Waals surface area contributed by atoms with Gasteiger partial charge in [0.05, 0.1) is 23.8 Å². The van der Waals surface area contributed by atoms with Crippen molar-refractivity contribution in [3.63, 3.8) is 0 Å². The van der Waals surface area contributed by atoms with Gasteiger partial charge in [0.2, 0.25) is 0 Å². The number of carbonyl (C=O) groups excluding carboxylic acids is 1. The minimum Gasteiger partial charge on any atom is -0.507 e. The van der Waals surface area contributed by atoms with E-state index in [-0.39, 0.29) is 17.7 Å². The van der Waals surface area contributed by atoms with Crippen LogP contribution in [0.15, 0.2) is 86.2 Å². The molecule has 188 valence electrons. The second-order valence-corrected chi connectivity index (χ2v) is 10.8. The Bertz CT molecular complexity index is 1430. The summed E-state index contributed by atoms with van der Waals surface area (Å²) in [4.78, 5) is 19.7. The van der Waals surface area contributed by atoms with E-state index >= 15 is 0 Å². The molecule has 1 amide bonds. The standard InChI is InChI=1S/C28H25BrN4O3S/c1-32(2)21-9-4-18(5-10-21)24-16-23(17-6-11-22(36-3)12-7-17)31-33(24)28-30-27(35)26(37-28)15-19-14-20(29)8-13-25(19)34/h4-15,24,34H,16H2,1-3H3/b26-15-. The quantitative estimate of drug-likeness (QED) is 0.372. The number of ether oxygens (including phenoxy) is 1. The summed E-state index contributed by atoms with van der Waals surface area (Å²) in [7, 11) is 5.66. The van der Waals surface area contributed by atoms with E-state index in [0.29, 0.717) is 22.1 Å². The summed E-state index contributed by atoms with van der Waals surface area (Å²) in [5.41, 5.74) is 4.62. The molecule has 0 saturated carbocycles. The smallest absolute Gasteiger partial charge is 0.286 e. The van der Waals surface area contributed by atoms with Gasteiger partial charge in [-0.3, -0.25) is 4.79 Å². The van der Waals surface area contributed by atoms with E-state index in [1.54, 1.807) is 31.4 Å². The fourth-order valence-electron chi connectivity index (χ4n) is 4.18. The Morgan fingerprint density at radius 1 is 1.11 bits per heavy atom. The van der Waals surface area contributed by atoms with Crippen LogP contribution in [0.2, 0.25) is 0 Å². The molecule has 1 atom stereocenters. The number of methoxy groups -OCH3 is 1. The molecule has 5 rings (SSSR count). The Hall–Kier alpha value is -3.56. The van der Waals surface area contributed by atoms with Crippen molar-refractivity contribution < 1.29 is 14.6 Å². The lowest BCUT2D eigenvalue weighted by Gasteiger charge is -2.23. The predicted molar refractivity (Wildman–Crippen MR) is 153 cm³/mol. The fourth-order valence-corrected chi connectivity index (χ4v) is 5.46. The van der Waals surface area contributed by atoms with Gasteiger partial charge in [-0.25, -0.2) is 5.01 Å². The maximum Gasteiger partial charge on any atom is 0.286 e. The minimum absolute atomic E-state index is 0.0948. The number of anilines is 1. The van der Waals surface area contributed by atoms with E-state index in [4.69, 9.17) is 9.84 Å². The van der Waals surface area contributed by atoms with Crippen LogP contribution < -0.4 is 9.64 Å². The number of phenolic OH excluding ortho intramolecular Hbond substituents is 1. The highest BCUT2D eigenvalue weighted by Gasteiger charge is 2.36. The van der Waals surface area contributed by atoms with Crippen LogP contribution in [0.4, 0.5) is 5.69 Å². The van der Waals surface area contributed by atoms with Crippen LogP contribution in [0.25, 0.3) is 6.08 Å². The Morgan fingerprint density at radius 2 is 1.84 bits per heavy atom. The summed E-state index contributed by atoms with van der Waals surface area (Å²) in [5.74, 6) is 0.522. The van der Waals surface area contributed by atoms with Crippen LogP contribution in [-0.4, -0.2) is 48.1 Å². The number of hydrogen-bond donors (Lipinski definition) is 1. The van der Waals surface area contributed by atoms with Gasteiger partial charge in [0.15, 0.2) is 5.17 Å². The van der Waals surface area contributed by atoms with Crippen molar-refractivity contribution in [2.75, 3.05) is 26.1 Å². The number of carbonyl (C=O) groups is 1. The van der Waals surface area contributed by atoms with Crippen molar-refractivity contribution in [2.45, 2.75) is 12.5 Å². The largest absolute Gasteiger partial charge is 0.507 e. The molecule has 0 radical (unpaired) electrons. The molecule has 9 heteroatoms. The highest BCUT2D eigenvalue weighted by Crippen LogP contribution is 2.40. The van der Waals surface area contributed by atoms with Gasteiger partial charge in [-0.2, -0.15) is 10.1 Å². The molecule has 37 heavy (non-hydrogen) atoms. The number of rotatable bonds is 5. The summed E-state index contributed by atoms with van der Waals surface area (Å²) < 4.78 is 6.11. The molecule has 2 aliphatic rings. The lowest BCUT2D eigenvalue weighted by atomic mass is 9.98. The van der Waals surface area contributed by atoms with E-state index in [1.165, 1.54) is 11.8 Å². The molecule has 7 nitrogen and oxygen atoms in total. The molecular formula is C28H25BrN4O3S. The number of hydrazone groups is 1. The number of hydrogen-bond acceptors (Lipinski definition) is 7. The number of thioether (sulfide) groups is 1. The number of benzene rings is 3. The molecule has 0 bridgehead atoms. The molecule has 1 unspecified atom stereocenters. The Labute approximate surface area is 228 Å². The zero-order valence-electron chi connectivity index (χ0n) is 20.6. The summed E-state index contributed by atoms with van der Waals surface area (Å²) in [6, 6.07) is 21.1. The number of aromatic hydroxyl groups is 1. The number of halogens is 1. The highest BCUT2D eigenvalue weighted by molar-refractivity contribution is 9.10. The SMILES string of the molecule is COc1ccc(C2=NN(C3=NC(=O)/C(=C/c4cc(Br)ccc4O)S3)C(c3ccc(N(C)C)cc3)C2)cc1. The highest BCUT2D eigenvalue weighted by atomic mass is 79.9. The average Bonchev–Trinajstić information content (AvgIpc) is 3.50. The zero-order valence-corrected chi connectivity index (χ0v) is 23.0. The first-order chi connectivity index (χ1) is 17.8. The Balaban J connectivity index is 1.48. The number of aliphatic imine (C=N–C) groups is 1. The minimum atomic E-state index is -0.353. The fraction of sp³-hybridized carbons (Fsp3) is 0.179. The van der Waals surface area contributed by atoms with E-state index in [2.05, 4.69) is 50.1 Å². The summed E-state index contributed by atoms with van der Waals surface area (Å²) in [5, 5.41) is 17.5. The lowest BCUT2D eigenvalue weighted by molar-refractivity contribution is -0.113. The van der Waals surface area contributed by atoms with Crippen molar-refractivity contribution in [1.29, 1.82) is 0 Å². The molecule has 0 aromatic heterocycles. The van der Waals surface area contributed by atoms with Gasteiger partial charge in [0.25, 0.3) is 5.91 Å². The van der Waals surface area contributed by atoms with Crippen molar-refractivity contribution >= 4 is 56.2 Å². The summed E-state index contributed by atoms with van der Waals surface area (Å²) in [6.07, 6.45) is 2.32. The normalized spacial score (nSPS) is 18.3. The van der Waals surface area contributed by atoms with Crippen molar-refractivity contribution in [3.8, 4) is 11.5 Å². The third-order valence-corrected chi connectivity index (χ3v) is 7.68. The van der Waals surface area contributed by atoms with Crippen LogP contribution >= 0.6 is 27.7 Å². The van der Waals surface area contributed by atoms with E-state index in [9.17, 15) is 9.90 Å². The second kappa shape index (κ2) is 10.4. The third-order valence-electron chi connectivity index (χ3n) is 6.21. The molecule has 0 aliphatic carbocycles. The average molecular weight is 578 g/mol. The first-order valence-corrected chi connectivity index (χ1v) is 13.2. The van der Waals surface area contributed by atoms with E-state index in [0.717, 1.165) is 32.7 Å². The summed E-state index contributed by atoms with van der Waals surface area (Å²) >= 11 is 4.68. The second-order valence-electron chi connectivity index (χ2n) is 8.84. The van der Waals surface area contributed by atoms with Gasteiger partial charge in [-0.1, -0.05) is 28.1 Å². The molecule has 0 saturated heterocycles. The summed E-state index contributed by atoms with van der Waals surface area (Å²) in [6.45, 7) is 0. The number of phenols is 1. The van der Waals surface area contributed by atoms with E-state index in [1.807, 2.05) is 43.4 Å². The molecule has 3 aromatic rings. The van der Waals surface area contributed by atoms with Crippen molar-refractivity contribution in [3.05, 3.63) is 92.8 Å². The lowest BCUT2D eigenvalue weighted by Crippen LogP contribution is -2.23. The third kappa shape index (κ3) is 5.28. The molecule has 3 aromatic carbocycles. The van der Waals surface area contributed by atoms with Crippen LogP contribution in [0, 0.1) is 0 Å². The van der Waals surface area contributed by atoms with Gasteiger partial charge in [0, 0.05) is 36.2 Å². The number of nitrogens with zero attached hydrogens (tertiary/aromatic N) is 4. The van der Waals surface area contributed by atoms with Gasteiger partial charge >= 0.3 is 0 Å². The van der Waals surface area contributed by atoms with Gasteiger partial charge in [0.1, 0.15) is 11.5 Å². The van der Waals surface area contributed by atoms with Crippen molar-refractivity contribution in [1.82, 2.24) is 5.01 Å². The number of amides is 1. The molecular weight excluding hydrogens is 552 g/mol. The van der Waals surface area contributed by atoms with E-state index < -0.39 is 0 Å². The maximum atomic E-state index is 12.9. The Kier molecular flexibility index (Phi) is 7.08. The maximum absolute atomic E-state index is 12.9. The molecule has 0 spiro atoms. The topological polar surface area (TPSA) is 77.7 Å². The Morgan fingerprint density at radius 3 is 2.51 bits per heavy atom.